The lowest BCUT2D eigenvalue weighted by Gasteiger charge is -2.12. The van der Waals surface area contributed by atoms with Crippen LogP contribution in [0.1, 0.15) is 23.5 Å². The lowest BCUT2D eigenvalue weighted by molar-refractivity contribution is 0.606. The van der Waals surface area contributed by atoms with E-state index in [1.165, 1.54) is 18.1 Å². The van der Waals surface area contributed by atoms with E-state index < -0.39 is 0 Å². The molecule has 0 radical (unpaired) electrons. The van der Waals surface area contributed by atoms with Crippen LogP contribution in [-0.2, 0) is 6.42 Å². The molecule has 0 amide bonds. The maximum atomic E-state index is 13.6. The molecule has 1 fully saturated rings. The molecule has 1 aliphatic carbocycles. The number of aliphatic imine (C=N–C) groups is 1. The Hall–Kier alpha value is -1.63. The van der Waals surface area contributed by atoms with E-state index in [1.807, 2.05) is 12.1 Å². The van der Waals surface area contributed by atoms with Crippen molar-refractivity contribution in [3.63, 3.8) is 0 Å². The molecule has 0 spiro atoms. The zero-order chi connectivity index (χ0) is 16.8. The summed E-state index contributed by atoms with van der Waals surface area (Å²) < 4.78 is 13.6. The van der Waals surface area contributed by atoms with Gasteiger partial charge < -0.3 is 10.6 Å². The van der Waals surface area contributed by atoms with Crippen LogP contribution in [0.5, 0.6) is 0 Å². The second kappa shape index (κ2) is 9.75. The first-order valence-corrected chi connectivity index (χ1v) is 8.51. The molecule has 0 saturated heterocycles. The largest absolute Gasteiger partial charge is 0.356 e. The van der Waals surface area contributed by atoms with Gasteiger partial charge in [0.2, 0.25) is 0 Å². The van der Waals surface area contributed by atoms with Crippen LogP contribution in [0.2, 0.25) is 0 Å². The van der Waals surface area contributed by atoms with Crippen molar-refractivity contribution < 1.29 is 4.39 Å². The maximum Gasteiger partial charge on any atom is 0.190 e. The first kappa shape index (κ1) is 19.7. The summed E-state index contributed by atoms with van der Waals surface area (Å²) in [7, 11) is 1.76. The summed E-state index contributed by atoms with van der Waals surface area (Å²) in [6.07, 6.45) is 1.87. The van der Waals surface area contributed by atoms with Crippen LogP contribution in [0, 0.1) is 11.7 Å². The van der Waals surface area contributed by atoms with E-state index in [-0.39, 0.29) is 29.8 Å². The van der Waals surface area contributed by atoms with E-state index in [4.69, 9.17) is 0 Å². The molecule has 3 nitrogen and oxygen atoms in total. The monoisotopic (exact) mass is 453 g/mol. The minimum atomic E-state index is -0.147. The summed E-state index contributed by atoms with van der Waals surface area (Å²) in [6.45, 7) is 1.58. The van der Waals surface area contributed by atoms with E-state index in [1.54, 1.807) is 13.1 Å². The number of guanidine groups is 1. The van der Waals surface area contributed by atoms with Gasteiger partial charge in [0, 0.05) is 20.1 Å². The van der Waals surface area contributed by atoms with Crippen molar-refractivity contribution in [3.05, 3.63) is 71.5 Å². The van der Waals surface area contributed by atoms with Crippen LogP contribution in [-0.4, -0.2) is 26.1 Å². The van der Waals surface area contributed by atoms with Crippen molar-refractivity contribution in [2.75, 3.05) is 20.1 Å². The van der Waals surface area contributed by atoms with E-state index >= 15 is 0 Å². The minimum absolute atomic E-state index is 0. The summed E-state index contributed by atoms with van der Waals surface area (Å²) >= 11 is 0. The fraction of sp³-hybridized carbons (Fsp3) is 0.350. The third-order valence-corrected chi connectivity index (χ3v) is 4.55. The Morgan fingerprint density at radius 1 is 1.08 bits per heavy atom. The van der Waals surface area contributed by atoms with Crippen molar-refractivity contribution in [3.8, 4) is 0 Å². The molecular formula is C20H25FIN3. The lowest BCUT2D eigenvalue weighted by atomic mass is 10.1. The number of nitrogens with zero attached hydrogens (tertiary/aromatic N) is 1. The summed E-state index contributed by atoms with van der Waals surface area (Å²) in [5.74, 6) is 1.96. The highest BCUT2D eigenvalue weighted by atomic mass is 127. The Bertz CT molecular complexity index is 690. The quantitative estimate of drug-likeness (QED) is 0.395. The van der Waals surface area contributed by atoms with Crippen LogP contribution in [0.3, 0.4) is 0 Å². The highest BCUT2D eigenvalue weighted by Gasteiger charge is 2.37. The molecule has 0 bridgehead atoms. The average Bonchev–Trinajstić information content (AvgIpc) is 3.40. The molecule has 1 saturated carbocycles. The minimum Gasteiger partial charge on any atom is -0.356 e. The molecule has 3 rings (SSSR count). The van der Waals surface area contributed by atoms with Gasteiger partial charge in [-0.1, -0.05) is 48.5 Å². The molecule has 0 aromatic heterocycles. The summed E-state index contributed by atoms with van der Waals surface area (Å²) in [5, 5.41) is 6.63. The van der Waals surface area contributed by atoms with Gasteiger partial charge in [-0.15, -0.1) is 24.0 Å². The van der Waals surface area contributed by atoms with Gasteiger partial charge in [-0.05, 0) is 41.9 Å². The third kappa shape index (κ3) is 5.70. The predicted octanol–water partition coefficient (Wildman–Crippen LogP) is 3.95. The van der Waals surface area contributed by atoms with Gasteiger partial charge in [-0.25, -0.2) is 4.39 Å². The first-order valence-electron chi connectivity index (χ1n) is 8.51. The molecule has 0 heterocycles. The van der Waals surface area contributed by atoms with E-state index in [0.29, 0.717) is 24.8 Å². The van der Waals surface area contributed by atoms with Crippen LogP contribution in [0.25, 0.3) is 0 Å². The van der Waals surface area contributed by atoms with Crippen LogP contribution in [0.4, 0.5) is 4.39 Å². The molecule has 2 atom stereocenters. The number of hydrogen-bond donors (Lipinski definition) is 2. The van der Waals surface area contributed by atoms with Crippen molar-refractivity contribution in [1.29, 1.82) is 0 Å². The number of hydrogen-bond acceptors (Lipinski definition) is 1. The molecule has 2 unspecified atom stereocenters. The van der Waals surface area contributed by atoms with Gasteiger partial charge >= 0.3 is 0 Å². The number of rotatable bonds is 6. The first-order chi connectivity index (χ1) is 11.8. The fourth-order valence-corrected chi connectivity index (χ4v) is 3.05. The van der Waals surface area contributed by atoms with E-state index in [9.17, 15) is 4.39 Å². The molecule has 2 aromatic carbocycles. The Kier molecular flexibility index (Phi) is 7.68. The van der Waals surface area contributed by atoms with Gasteiger partial charge in [0.1, 0.15) is 5.82 Å². The predicted molar refractivity (Wildman–Crippen MR) is 112 cm³/mol. The standard InChI is InChI=1S/C20H24FN3.HI/c1-22-20(23-12-11-16-9-5-6-10-19(16)21)24-14-17-13-18(17)15-7-3-2-4-8-15;/h2-10,17-18H,11-14H2,1H3,(H2,22,23,24);1H. The number of benzene rings is 2. The maximum absolute atomic E-state index is 13.6. The highest BCUT2D eigenvalue weighted by Crippen LogP contribution is 2.46. The fourth-order valence-electron chi connectivity index (χ4n) is 3.05. The Balaban J connectivity index is 0.00000225. The molecule has 25 heavy (non-hydrogen) atoms. The molecule has 2 aromatic rings. The highest BCUT2D eigenvalue weighted by molar-refractivity contribution is 14.0. The lowest BCUT2D eigenvalue weighted by Crippen LogP contribution is -2.39. The second-order valence-electron chi connectivity index (χ2n) is 6.23. The Morgan fingerprint density at radius 2 is 1.80 bits per heavy atom. The van der Waals surface area contributed by atoms with Gasteiger partial charge in [0.15, 0.2) is 5.96 Å². The number of nitrogens with one attached hydrogen (secondary N) is 2. The average molecular weight is 453 g/mol. The second-order valence-corrected chi connectivity index (χ2v) is 6.23. The van der Waals surface area contributed by atoms with Crippen molar-refractivity contribution >= 4 is 29.9 Å². The van der Waals surface area contributed by atoms with Crippen LogP contribution < -0.4 is 10.6 Å². The SMILES string of the molecule is CN=C(NCCc1ccccc1F)NCC1CC1c1ccccc1.I. The van der Waals surface area contributed by atoms with Gasteiger partial charge in [-0.3, -0.25) is 4.99 Å². The van der Waals surface area contributed by atoms with Gasteiger partial charge in [0.25, 0.3) is 0 Å². The van der Waals surface area contributed by atoms with Gasteiger partial charge in [-0.2, -0.15) is 0 Å². The summed E-state index contributed by atoms with van der Waals surface area (Å²) in [5.41, 5.74) is 2.15. The van der Waals surface area contributed by atoms with Crippen molar-refractivity contribution in [2.45, 2.75) is 18.8 Å². The number of halogens is 2. The topological polar surface area (TPSA) is 36.4 Å². The third-order valence-electron chi connectivity index (χ3n) is 4.55. The van der Waals surface area contributed by atoms with E-state index in [0.717, 1.165) is 18.1 Å². The molecule has 5 heteroatoms. The molecular weight excluding hydrogens is 428 g/mol. The van der Waals surface area contributed by atoms with Crippen molar-refractivity contribution in [2.24, 2.45) is 10.9 Å². The molecule has 2 N–H and O–H groups in total. The Morgan fingerprint density at radius 3 is 2.52 bits per heavy atom. The summed E-state index contributed by atoms with van der Waals surface area (Å²) in [6, 6.07) is 17.6. The zero-order valence-electron chi connectivity index (χ0n) is 14.4. The van der Waals surface area contributed by atoms with Gasteiger partial charge in [0.05, 0.1) is 0 Å². The Labute approximate surface area is 166 Å². The molecule has 134 valence electrons. The van der Waals surface area contributed by atoms with E-state index in [2.05, 4.69) is 46.0 Å². The molecule has 1 aliphatic rings. The van der Waals surface area contributed by atoms with Crippen LogP contribution >= 0.6 is 24.0 Å². The molecule has 0 aliphatic heterocycles. The normalized spacial score (nSPS) is 19.0. The van der Waals surface area contributed by atoms with Crippen LogP contribution in [0.15, 0.2) is 59.6 Å². The smallest absolute Gasteiger partial charge is 0.190 e. The van der Waals surface area contributed by atoms with Crippen molar-refractivity contribution in [1.82, 2.24) is 10.6 Å². The zero-order valence-corrected chi connectivity index (χ0v) is 16.7. The summed E-state index contributed by atoms with van der Waals surface area (Å²) in [4.78, 5) is 4.24.